The number of rotatable bonds is 6. The molecule has 0 saturated heterocycles. The van der Waals surface area contributed by atoms with Gasteiger partial charge in [-0.2, -0.15) is 0 Å². The molecule has 0 atom stereocenters. The van der Waals surface area contributed by atoms with E-state index in [0.717, 1.165) is 5.57 Å². The Hall–Kier alpha value is -2.17. The number of nitro groups is 1. The summed E-state index contributed by atoms with van der Waals surface area (Å²) in [6.07, 6.45) is 0.675. The Labute approximate surface area is 105 Å². The molecule has 0 fully saturated rings. The van der Waals surface area contributed by atoms with Crippen molar-refractivity contribution in [2.24, 2.45) is 0 Å². The molecule has 0 saturated carbocycles. The Morgan fingerprint density at radius 1 is 1.44 bits per heavy atom. The minimum absolute atomic E-state index is 0.118. The average Bonchev–Trinajstić information content (AvgIpc) is 2.28. The van der Waals surface area contributed by atoms with E-state index in [9.17, 15) is 14.9 Å². The molecule has 0 bridgehead atoms. The number of carbonyl (C=O) groups excluding carboxylic acids is 1. The third kappa shape index (κ3) is 3.69. The lowest BCUT2D eigenvalue weighted by Crippen LogP contribution is -2.04. The molecule has 0 radical (unpaired) electrons. The fourth-order valence-corrected chi connectivity index (χ4v) is 1.37. The second kappa shape index (κ2) is 5.95. The number of ether oxygens (including phenoxy) is 1. The van der Waals surface area contributed by atoms with Crippen molar-refractivity contribution in [2.75, 3.05) is 6.61 Å². The Bertz CT molecular complexity index is 494. The number of benzene rings is 1. The summed E-state index contributed by atoms with van der Waals surface area (Å²) in [6.45, 7) is 7.37. The number of nitro benzene ring substituents is 1. The van der Waals surface area contributed by atoms with E-state index in [1.807, 2.05) is 6.92 Å². The molecular formula is C13H15NO4. The largest absolute Gasteiger partial charge is 0.492 e. The molecule has 96 valence electrons. The fraction of sp³-hybridized carbons (Fsp3) is 0.308. The molecule has 0 aliphatic rings. The van der Waals surface area contributed by atoms with Crippen molar-refractivity contribution in [3.63, 3.8) is 0 Å². The quantitative estimate of drug-likeness (QED) is 0.336. The summed E-state index contributed by atoms with van der Waals surface area (Å²) in [4.78, 5) is 21.5. The highest BCUT2D eigenvalue weighted by Gasteiger charge is 2.14. The van der Waals surface area contributed by atoms with E-state index < -0.39 is 4.92 Å². The number of ketones is 1. The predicted molar refractivity (Wildman–Crippen MR) is 68.0 cm³/mol. The van der Waals surface area contributed by atoms with Gasteiger partial charge < -0.3 is 4.74 Å². The van der Waals surface area contributed by atoms with Gasteiger partial charge in [0.15, 0.2) is 5.78 Å². The summed E-state index contributed by atoms with van der Waals surface area (Å²) in [5.41, 5.74) is 1.08. The van der Waals surface area contributed by atoms with Gasteiger partial charge in [-0.25, -0.2) is 0 Å². The number of carbonyl (C=O) groups is 1. The predicted octanol–water partition coefficient (Wildman–Crippen LogP) is 3.14. The fourth-order valence-electron chi connectivity index (χ4n) is 1.37. The van der Waals surface area contributed by atoms with Crippen molar-refractivity contribution in [3.05, 3.63) is 46.0 Å². The Balaban J connectivity index is 2.93. The van der Waals surface area contributed by atoms with E-state index in [4.69, 9.17) is 4.74 Å². The normalized spacial score (nSPS) is 9.89. The zero-order valence-corrected chi connectivity index (χ0v) is 10.4. The minimum atomic E-state index is -0.538. The van der Waals surface area contributed by atoms with Crippen LogP contribution in [0.25, 0.3) is 0 Å². The molecule has 1 aromatic carbocycles. The summed E-state index contributed by atoms with van der Waals surface area (Å²) in [5.74, 6) is 0.110. The molecule has 0 spiro atoms. The van der Waals surface area contributed by atoms with Gasteiger partial charge in [-0.1, -0.05) is 5.57 Å². The molecule has 0 aromatic heterocycles. The van der Waals surface area contributed by atoms with Gasteiger partial charge in [0.25, 0.3) is 5.69 Å². The molecule has 0 amide bonds. The second-order valence-electron chi connectivity index (χ2n) is 4.05. The van der Waals surface area contributed by atoms with Gasteiger partial charge in [-0.05, 0) is 19.9 Å². The number of Topliss-reactive ketones (excluding diaryl/α,β-unsaturated/α-hetero) is 1. The molecule has 5 nitrogen and oxygen atoms in total. The molecule has 1 aromatic rings. The van der Waals surface area contributed by atoms with Crippen molar-refractivity contribution < 1.29 is 14.5 Å². The lowest BCUT2D eigenvalue weighted by atomic mass is 10.1. The van der Waals surface area contributed by atoms with Gasteiger partial charge in [-0.3, -0.25) is 14.9 Å². The van der Waals surface area contributed by atoms with Crippen molar-refractivity contribution >= 4 is 11.5 Å². The van der Waals surface area contributed by atoms with Crippen LogP contribution in [-0.4, -0.2) is 17.3 Å². The molecule has 1 rings (SSSR count). The third-order valence-corrected chi connectivity index (χ3v) is 2.34. The number of non-ortho nitro benzene ring substituents is 1. The standard InChI is InChI=1S/C13H15NO4/c1-9(2)6-7-18-13-5-4-11(14(16)17)8-12(13)10(3)15/h4-5,8H,1,6-7H2,2-3H3. The molecule has 0 heterocycles. The average molecular weight is 249 g/mol. The zero-order chi connectivity index (χ0) is 13.7. The van der Waals surface area contributed by atoms with Gasteiger partial charge in [0, 0.05) is 18.6 Å². The van der Waals surface area contributed by atoms with Crippen LogP contribution < -0.4 is 4.74 Å². The Morgan fingerprint density at radius 3 is 2.61 bits per heavy atom. The molecule has 5 heteroatoms. The highest BCUT2D eigenvalue weighted by Crippen LogP contribution is 2.25. The van der Waals surface area contributed by atoms with Gasteiger partial charge in [-0.15, -0.1) is 6.58 Å². The number of hydrogen-bond donors (Lipinski definition) is 0. The first-order valence-electron chi connectivity index (χ1n) is 5.48. The van der Waals surface area contributed by atoms with E-state index in [0.29, 0.717) is 18.8 Å². The van der Waals surface area contributed by atoms with Crippen molar-refractivity contribution in [3.8, 4) is 5.75 Å². The Kier molecular flexibility index (Phi) is 4.59. The summed E-state index contributed by atoms with van der Waals surface area (Å²) < 4.78 is 5.44. The summed E-state index contributed by atoms with van der Waals surface area (Å²) in [5, 5.41) is 10.6. The molecule has 0 N–H and O–H groups in total. The highest BCUT2D eigenvalue weighted by molar-refractivity contribution is 5.97. The highest BCUT2D eigenvalue weighted by atomic mass is 16.6. The van der Waals surface area contributed by atoms with E-state index in [1.54, 1.807) is 0 Å². The van der Waals surface area contributed by atoms with E-state index in [-0.39, 0.29) is 17.0 Å². The van der Waals surface area contributed by atoms with Gasteiger partial charge in [0.1, 0.15) is 5.75 Å². The van der Waals surface area contributed by atoms with Crippen LogP contribution in [0.5, 0.6) is 5.75 Å². The summed E-state index contributed by atoms with van der Waals surface area (Å²) in [6, 6.07) is 4.01. The van der Waals surface area contributed by atoms with Crippen LogP contribution in [0.4, 0.5) is 5.69 Å². The first kappa shape index (κ1) is 13.9. The zero-order valence-electron chi connectivity index (χ0n) is 10.4. The lowest BCUT2D eigenvalue weighted by Gasteiger charge is -2.09. The third-order valence-electron chi connectivity index (χ3n) is 2.34. The van der Waals surface area contributed by atoms with Crippen LogP contribution in [-0.2, 0) is 0 Å². The van der Waals surface area contributed by atoms with Gasteiger partial charge in [0.2, 0.25) is 0 Å². The maximum absolute atomic E-state index is 11.4. The number of nitrogens with zero attached hydrogens (tertiary/aromatic N) is 1. The second-order valence-corrected chi connectivity index (χ2v) is 4.05. The van der Waals surface area contributed by atoms with Gasteiger partial charge in [0.05, 0.1) is 17.1 Å². The molecular weight excluding hydrogens is 234 g/mol. The monoisotopic (exact) mass is 249 g/mol. The topological polar surface area (TPSA) is 69.4 Å². The summed E-state index contributed by atoms with van der Waals surface area (Å²) >= 11 is 0. The SMILES string of the molecule is C=C(C)CCOc1ccc([N+](=O)[O-])cc1C(C)=O. The smallest absolute Gasteiger partial charge is 0.270 e. The Morgan fingerprint density at radius 2 is 2.11 bits per heavy atom. The van der Waals surface area contributed by atoms with Crippen LogP contribution in [0.2, 0.25) is 0 Å². The van der Waals surface area contributed by atoms with Crippen molar-refractivity contribution in [1.29, 1.82) is 0 Å². The van der Waals surface area contributed by atoms with E-state index >= 15 is 0 Å². The van der Waals surface area contributed by atoms with Crippen molar-refractivity contribution in [2.45, 2.75) is 20.3 Å². The first-order chi connectivity index (χ1) is 8.41. The van der Waals surface area contributed by atoms with Crippen LogP contribution >= 0.6 is 0 Å². The van der Waals surface area contributed by atoms with E-state index in [2.05, 4.69) is 6.58 Å². The van der Waals surface area contributed by atoms with Crippen molar-refractivity contribution in [1.82, 2.24) is 0 Å². The van der Waals surface area contributed by atoms with Crippen LogP contribution in [0, 0.1) is 10.1 Å². The van der Waals surface area contributed by atoms with Gasteiger partial charge >= 0.3 is 0 Å². The van der Waals surface area contributed by atoms with Crippen LogP contribution in [0.3, 0.4) is 0 Å². The van der Waals surface area contributed by atoms with E-state index in [1.165, 1.54) is 25.1 Å². The van der Waals surface area contributed by atoms with Crippen LogP contribution in [0.15, 0.2) is 30.4 Å². The maximum atomic E-state index is 11.4. The molecule has 0 aliphatic carbocycles. The first-order valence-corrected chi connectivity index (χ1v) is 5.48. The molecule has 0 aliphatic heterocycles. The molecule has 0 unspecified atom stereocenters. The van der Waals surface area contributed by atoms with Crippen LogP contribution in [0.1, 0.15) is 30.6 Å². The molecule has 18 heavy (non-hydrogen) atoms. The lowest BCUT2D eigenvalue weighted by molar-refractivity contribution is -0.384. The maximum Gasteiger partial charge on any atom is 0.270 e. The minimum Gasteiger partial charge on any atom is -0.492 e. The summed E-state index contributed by atoms with van der Waals surface area (Å²) in [7, 11) is 0. The number of hydrogen-bond acceptors (Lipinski definition) is 4.